The third-order valence-corrected chi connectivity index (χ3v) is 2.13. The van der Waals surface area contributed by atoms with Gasteiger partial charge in [0.05, 0.1) is 6.04 Å². The van der Waals surface area contributed by atoms with Crippen molar-refractivity contribution in [3.05, 3.63) is 18.5 Å². The predicted molar refractivity (Wildman–Crippen MR) is 57.7 cm³/mol. The van der Waals surface area contributed by atoms with Gasteiger partial charge in [-0.2, -0.15) is 5.10 Å². The lowest BCUT2D eigenvalue weighted by molar-refractivity contribution is 0.315. The van der Waals surface area contributed by atoms with E-state index in [1.807, 2.05) is 23.9 Å². The van der Waals surface area contributed by atoms with Crippen LogP contribution in [0.15, 0.2) is 23.6 Å². The molecule has 6 nitrogen and oxygen atoms in total. The van der Waals surface area contributed by atoms with Crippen LogP contribution in [0.2, 0.25) is 0 Å². The molecule has 1 aromatic heterocycles. The van der Waals surface area contributed by atoms with Gasteiger partial charge in [-0.25, -0.2) is 0 Å². The van der Waals surface area contributed by atoms with Gasteiger partial charge in [0.15, 0.2) is 5.84 Å². The van der Waals surface area contributed by atoms with Crippen molar-refractivity contribution in [1.82, 2.24) is 15.1 Å². The maximum atomic E-state index is 8.42. The summed E-state index contributed by atoms with van der Waals surface area (Å²) in [5.74, 6) is 0.203. The third-order valence-electron chi connectivity index (χ3n) is 2.13. The summed E-state index contributed by atoms with van der Waals surface area (Å²) in [5, 5.41) is 18.6. The van der Waals surface area contributed by atoms with Crippen molar-refractivity contribution in [2.75, 3.05) is 6.54 Å². The summed E-state index contributed by atoms with van der Waals surface area (Å²) in [4.78, 5) is 0. The van der Waals surface area contributed by atoms with Crippen LogP contribution in [0.3, 0.4) is 0 Å². The summed E-state index contributed by atoms with van der Waals surface area (Å²) in [6.07, 6.45) is 4.63. The molecule has 1 rings (SSSR count). The van der Waals surface area contributed by atoms with Gasteiger partial charge in [0.1, 0.15) is 0 Å². The van der Waals surface area contributed by atoms with E-state index in [9.17, 15) is 0 Å². The van der Waals surface area contributed by atoms with Crippen LogP contribution in [-0.4, -0.2) is 33.4 Å². The number of hydrogen-bond acceptors (Lipinski definition) is 4. The average Bonchev–Trinajstić information content (AvgIpc) is 2.75. The zero-order valence-electron chi connectivity index (χ0n) is 8.80. The van der Waals surface area contributed by atoms with E-state index in [1.54, 1.807) is 6.20 Å². The molecule has 1 unspecified atom stereocenters. The summed E-state index contributed by atoms with van der Waals surface area (Å²) >= 11 is 0. The standard InChI is InChI=1S/C9H17N5O/c1-8(9(10)13-15)11-4-2-6-14-7-3-5-12-14/h3,5,7-8,11,15H,2,4,6H2,1H3,(H2,10,13). The van der Waals surface area contributed by atoms with Crippen LogP contribution in [0.5, 0.6) is 0 Å². The van der Waals surface area contributed by atoms with E-state index < -0.39 is 0 Å². The predicted octanol–water partition coefficient (Wildman–Crippen LogP) is -0.00230. The number of hydrogen-bond donors (Lipinski definition) is 3. The highest BCUT2D eigenvalue weighted by molar-refractivity contribution is 5.84. The highest BCUT2D eigenvalue weighted by atomic mass is 16.4. The summed E-state index contributed by atoms with van der Waals surface area (Å²) in [7, 11) is 0. The van der Waals surface area contributed by atoms with Gasteiger partial charge in [0, 0.05) is 18.9 Å². The molecule has 0 aliphatic carbocycles. The molecule has 0 fully saturated rings. The molecule has 1 aromatic rings. The molecule has 84 valence electrons. The smallest absolute Gasteiger partial charge is 0.156 e. The van der Waals surface area contributed by atoms with Crippen molar-refractivity contribution in [1.29, 1.82) is 0 Å². The first-order valence-electron chi connectivity index (χ1n) is 4.92. The van der Waals surface area contributed by atoms with Crippen LogP contribution in [0.25, 0.3) is 0 Å². The van der Waals surface area contributed by atoms with E-state index in [0.717, 1.165) is 19.5 Å². The summed E-state index contributed by atoms with van der Waals surface area (Å²) in [6.45, 7) is 3.52. The number of aromatic nitrogens is 2. The molecule has 0 radical (unpaired) electrons. The fraction of sp³-hybridized carbons (Fsp3) is 0.556. The van der Waals surface area contributed by atoms with Crippen molar-refractivity contribution < 1.29 is 5.21 Å². The molecule has 0 spiro atoms. The lowest BCUT2D eigenvalue weighted by Gasteiger charge is -2.11. The number of nitrogens with two attached hydrogens (primary N) is 1. The third kappa shape index (κ3) is 3.99. The average molecular weight is 211 g/mol. The molecule has 1 heterocycles. The first-order valence-corrected chi connectivity index (χ1v) is 4.92. The Morgan fingerprint density at radius 2 is 2.53 bits per heavy atom. The number of nitrogens with one attached hydrogen (secondary N) is 1. The van der Waals surface area contributed by atoms with Crippen molar-refractivity contribution >= 4 is 5.84 Å². The molecule has 0 aliphatic rings. The minimum atomic E-state index is -0.104. The van der Waals surface area contributed by atoms with Crippen LogP contribution in [0, 0.1) is 0 Å². The monoisotopic (exact) mass is 211 g/mol. The molecule has 1 atom stereocenters. The number of nitrogens with zero attached hydrogens (tertiary/aromatic N) is 3. The van der Waals surface area contributed by atoms with Crippen LogP contribution in [-0.2, 0) is 6.54 Å². The number of amidine groups is 1. The first-order chi connectivity index (χ1) is 7.24. The Balaban J connectivity index is 2.12. The molecule has 6 heteroatoms. The second kappa shape index (κ2) is 6.02. The zero-order valence-corrected chi connectivity index (χ0v) is 8.80. The Labute approximate surface area is 88.8 Å². The molecule has 0 aliphatic heterocycles. The van der Waals surface area contributed by atoms with Gasteiger partial charge in [-0.3, -0.25) is 4.68 Å². The van der Waals surface area contributed by atoms with E-state index in [1.165, 1.54) is 0 Å². The molecule has 0 aromatic carbocycles. The van der Waals surface area contributed by atoms with E-state index in [4.69, 9.17) is 10.9 Å². The van der Waals surface area contributed by atoms with Crippen LogP contribution < -0.4 is 11.1 Å². The van der Waals surface area contributed by atoms with Crippen LogP contribution in [0.1, 0.15) is 13.3 Å². The number of aryl methyl sites for hydroxylation is 1. The molecule has 0 bridgehead atoms. The minimum Gasteiger partial charge on any atom is -0.409 e. The van der Waals surface area contributed by atoms with Crippen molar-refractivity contribution in [3.63, 3.8) is 0 Å². The Morgan fingerprint density at radius 1 is 1.73 bits per heavy atom. The molecule has 15 heavy (non-hydrogen) atoms. The molecule has 0 amide bonds. The van der Waals surface area contributed by atoms with Gasteiger partial charge in [-0.1, -0.05) is 5.16 Å². The minimum absolute atomic E-state index is 0.104. The molecular formula is C9H17N5O. The van der Waals surface area contributed by atoms with Crippen LogP contribution >= 0.6 is 0 Å². The van der Waals surface area contributed by atoms with Crippen molar-refractivity contribution in [2.24, 2.45) is 10.9 Å². The first kappa shape index (κ1) is 11.5. The Bertz CT molecular complexity index is 295. The van der Waals surface area contributed by atoms with Gasteiger partial charge in [-0.15, -0.1) is 0 Å². The maximum Gasteiger partial charge on any atom is 0.156 e. The lowest BCUT2D eigenvalue weighted by atomic mass is 10.3. The molecule has 0 saturated heterocycles. The summed E-state index contributed by atoms with van der Waals surface area (Å²) in [5.41, 5.74) is 5.41. The maximum absolute atomic E-state index is 8.42. The zero-order chi connectivity index (χ0) is 11.1. The van der Waals surface area contributed by atoms with Gasteiger partial charge >= 0.3 is 0 Å². The van der Waals surface area contributed by atoms with Crippen LogP contribution in [0.4, 0.5) is 0 Å². The SMILES string of the molecule is CC(NCCCn1cccn1)/C(N)=N/O. The normalized spacial score (nSPS) is 14.1. The fourth-order valence-electron chi connectivity index (χ4n) is 1.18. The number of oxime groups is 1. The van der Waals surface area contributed by atoms with Gasteiger partial charge in [0.25, 0.3) is 0 Å². The number of rotatable bonds is 6. The molecular weight excluding hydrogens is 194 g/mol. The van der Waals surface area contributed by atoms with E-state index >= 15 is 0 Å². The van der Waals surface area contributed by atoms with E-state index in [-0.39, 0.29) is 11.9 Å². The second-order valence-corrected chi connectivity index (χ2v) is 3.32. The van der Waals surface area contributed by atoms with E-state index in [0.29, 0.717) is 0 Å². The molecule has 0 saturated carbocycles. The quantitative estimate of drug-likeness (QED) is 0.203. The Kier molecular flexibility index (Phi) is 4.62. The van der Waals surface area contributed by atoms with Gasteiger partial charge in [0.2, 0.25) is 0 Å². The van der Waals surface area contributed by atoms with Gasteiger partial charge < -0.3 is 16.3 Å². The highest BCUT2D eigenvalue weighted by Gasteiger charge is 2.05. The lowest BCUT2D eigenvalue weighted by Crippen LogP contribution is -2.39. The van der Waals surface area contributed by atoms with Gasteiger partial charge in [-0.05, 0) is 26.0 Å². The van der Waals surface area contributed by atoms with E-state index in [2.05, 4.69) is 15.6 Å². The van der Waals surface area contributed by atoms with Crippen molar-refractivity contribution in [3.8, 4) is 0 Å². The highest BCUT2D eigenvalue weighted by Crippen LogP contribution is 1.89. The largest absolute Gasteiger partial charge is 0.409 e. The summed E-state index contributed by atoms with van der Waals surface area (Å²) < 4.78 is 1.87. The Hall–Kier alpha value is -1.56. The topological polar surface area (TPSA) is 88.5 Å². The Morgan fingerprint density at radius 3 is 3.13 bits per heavy atom. The summed E-state index contributed by atoms with van der Waals surface area (Å²) in [6, 6.07) is 1.79. The van der Waals surface area contributed by atoms with Crippen molar-refractivity contribution in [2.45, 2.75) is 25.9 Å². The fourth-order valence-corrected chi connectivity index (χ4v) is 1.18. The molecule has 4 N–H and O–H groups in total. The second-order valence-electron chi connectivity index (χ2n) is 3.32.